The minimum absolute atomic E-state index is 0.0105. The fourth-order valence-electron chi connectivity index (χ4n) is 1.82. The maximum Gasteiger partial charge on any atom is 0.272 e. The van der Waals surface area contributed by atoms with Crippen LogP contribution in [0.5, 0.6) is 11.5 Å². The van der Waals surface area contributed by atoms with Crippen LogP contribution in [0.3, 0.4) is 0 Å². The normalized spacial score (nSPS) is 11.1. The lowest BCUT2D eigenvalue weighted by molar-refractivity contribution is 0.335. The van der Waals surface area contributed by atoms with Gasteiger partial charge in [-0.15, -0.1) is 0 Å². The molecule has 118 valence electrons. The van der Waals surface area contributed by atoms with E-state index in [9.17, 15) is 14.7 Å². The molecule has 0 heterocycles. The molecule has 0 saturated carbocycles. The zero-order valence-corrected chi connectivity index (χ0v) is 13.8. The summed E-state index contributed by atoms with van der Waals surface area (Å²) in [5.74, 6) is -0.106. The van der Waals surface area contributed by atoms with Gasteiger partial charge in [0.15, 0.2) is 11.5 Å². The summed E-state index contributed by atoms with van der Waals surface area (Å²) in [6.07, 6.45) is 0. The topological polar surface area (TPSA) is 78.9 Å². The van der Waals surface area contributed by atoms with Gasteiger partial charge in [0.05, 0.1) is 22.2 Å². The average Bonchev–Trinajstić information content (AvgIpc) is 2.48. The lowest BCUT2D eigenvalue weighted by atomic mass is 10.2. The van der Waals surface area contributed by atoms with Crippen LogP contribution in [0.2, 0.25) is 5.02 Å². The number of phenolic OH excluding ortho intramolecular Hbond substituents is 1. The quantitative estimate of drug-likeness (QED) is 0.474. The fourth-order valence-corrected chi connectivity index (χ4v) is 2.79. The molecule has 0 unspecified atom stereocenters. The summed E-state index contributed by atoms with van der Waals surface area (Å²) in [5, 5.41) is 13.4. The van der Waals surface area contributed by atoms with Gasteiger partial charge in [-0.1, -0.05) is 11.6 Å². The van der Waals surface area contributed by atoms with E-state index in [0.29, 0.717) is 9.92 Å². The summed E-state index contributed by atoms with van der Waals surface area (Å²) < 4.78 is 6.90. The summed E-state index contributed by atoms with van der Waals surface area (Å²) in [6.45, 7) is 1.99. The zero-order chi connectivity index (χ0) is 16.4. The lowest BCUT2D eigenvalue weighted by Crippen LogP contribution is -2.35. The monoisotopic (exact) mass is 342 g/mol. The van der Waals surface area contributed by atoms with Crippen LogP contribution in [0.25, 0.3) is 0 Å². The molecule has 0 aliphatic rings. The highest BCUT2D eigenvalue weighted by Crippen LogP contribution is 2.42. The predicted octanol–water partition coefficient (Wildman–Crippen LogP) is 2.35. The van der Waals surface area contributed by atoms with Gasteiger partial charge in [-0.05, 0) is 45.1 Å². The number of nitrogens with zero attached hydrogens (tertiary/aromatic N) is 1. The molecule has 0 radical (unpaired) electrons. The molecule has 2 N–H and O–H groups in total. The van der Waals surface area contributed by atoms with E-state index in [-0.39, 0.29) is 29.5 Å². The third-order valence-electron chi connectivity index (χ3n) is 2.77. The van der Waals surface area contributed by atoms with Crippen LogP contribution in [-0.4, -0.2) is 30.1 Å². The lowest BCUT2D eigenvalue weighted by Gasteiger charge is -2.17. The molecule has 0 bridgehead atoms. The van der Waals surface area contributed by atoms with E-state index in [1.807, 2.05) is 14.1 Å². The van der Waals surface area contributed by atoms with Gasteiger partial charge < -0.3 is 15.2 Å². The molecule has 0 saturated heterocycles. The van der Waals surface area contributed by atoms with Gasteiger partial charge in [0.2, 0.25) is 0 Å². The third kappa shape index (κ3) is 3.06. The van der Waals surface area contributed by atoms with E-state index in [1.165, 1.54) is 18.0 Å². The highest BCUT2D eigenvalue weighted by Gasteiger charge is 2.24. The van der Waals surface area contributed by atoms with Gasteiger partial charge in [0, 0.05) is 0 Å². The fraction of sp³-hybridized carbons (Fsp3) is 0.286. The smallest absolute Gasteiger partial charge is 0.272 e. The molecule has 2 aromatic rings. The van der Waals surface area contributed by atoms with Crippen molar-refractivity contribution >= 4 is 34.9 Å². The average molecular weight is 343 g/mol. The standard InChI is InChI=1S/C14H15ClN2O4S/c1-4-21-13-9(11(19)12(13)20)16-8-6-5-7(15)14(10(8)18)22-17(2)3/h5-6,16,18H,4H2,1-3H3. The Morgan fingerprint density at radius 2 is 2.00 bits per heavy atom. The minimum Gasteiger partial charge on any atom is -0.505 e. The van der Waals surface area contributed by atoms with Crippen LogP contribution in [0.4, 0.5) is 11.4 Å². The van der Waals surface area contributed by atoms with Gasteiger partial charge in [-0.3, -0.25) is 13.9 Å². The maximum atomic E-state index is 11.6. The summed E-state index contributed by atoms with van der Waals surface area (Å²) in [4.78, 5) is 23.5. The van der Waals surface area contributed by atoms with E-state index >= 15 is 0 Å². The molecule has 0 atom stereocenters. The molecule has 0 aliphatic carbocycles. The van der Waals surface area contributed by atoms with E-state index in [2.05, 4.69) is 5.32 Å². The largest absolute Gasteiger partial charge is 0.505 e. The Morgan fingerprint density at radius 3 is 2.59 bits per heavy atom. The predicted molar refractivity (Wildman–Crippen MR) is 88.5 cm³/mol. The molecule has 0 aliphatic heterocycles. The zero-order valence-electron chi connectivity index (χ0n) is 12.3. The molecule has 8 heteroatoms. The number of aromatic hydroxyl groups is 1. The van der Waals surface area contributed by atoms with E-state index in [4.69, 9.17) is 16.3 Å². The van der Waals surface area contributed by atoms with E-state index < -0.39 is 10.9 Å². The van der Waals surface area contributed by atoms with Gasteiger partial charge >= 0.3 is 0 Å². The molecule has 22 heavy (non-hydrogen) atoms. The summed E-state index contributed by atoms with van der Waals surface area (Å²) >= 11 is 7.31. The van der Waals surface area contributed by atoms with E-state index in [0.717, 1.165) is 0 Å². The van der Waals surface area contributed by atoms with Gasteiger partial charge in [-0.2, -0.15) is 0 Å². The molecule has 0 amide bonds. The van der Waals surface area contributed by atoms with Gasteiger partial charge in [0.25, 0.3) is 10.9 Å². The van der Waals surface area contributed by atoms with Crippen LogP contribution in [0, 0.1) is 0 Å². The van der Waals surface area contributed by atoms with Crippen molar-refractivity contribution < 1.29 is 9.84 Å². The highest BCUT2D eigenvalue weighted by atomic mass is 35.5. The van der Waals surface area contributed by atoms with Crippen molar-refractivity contribution in [3.63, 3.8) is 0 Å². The molecular weight excluding hydrogens is 328 g/mol. The Labute approximate surface area is 136 Å². The Morgan fingerprint density at radius 1 is 1.32 bits per heavy atom. The number of benzene rings is 1. The van der Waals surface area contributed by atoms with Crippen LogP contribution in [0.15, 0.2) is 26.6 Å². The van der Waals surface area contributed by atoms with Gasteiger partial charge in [-0.25, -0.2) is 0 Å². The number of hydrogen-bond acceptors (Lipinski definition) is 7. The van der Waals surface area contributed by atoms with Crippen molar-refractivity contribution in [2.45, 2.75) is 11.8 Å². The number of anilines is 2. The third-order valence-corrected chi connectivity index (χ3v) is 4.16. The van der Waals surface area contributed by atoms with Crippen LogP contribution < -0.4 is 20.9 Å². The van der Waals surface area contributed by atoms with Crippen molar-refractivity contribution in [1.29, 1.82) is 0 Å². The number of hydrogen-bond donors (Lipinski definition) is 2. The number of halogens is 1. The first kappa shape index (κ1) is 16.7. The molecule has 2 aromatic carbocycles. The SMILES string of the molecule is CCOc1c(Nc2ccc(Cl)c(SN(C)C)c2O)c(=O)c1=O. The van der Waals surface area contributed by atoms with Crippen molar-refractivity contribution in [3.8, 4) is 11.5 Å². The Kier molecular flexibility index (Phi) is 5.00. The van der Waals surface area contributed by atoms with Gasteiger partial charge in [0.1, 0.15) is 5.69 Å². The van der Waals surface area contributed by atoms with Crippen molar-refractivity contribution in [2.24, 2.45) is 0 Å². The minimum atomic E-state index is -0.667. The summed E-state index contributed by atoms with van der Waals surface area (Å²) in [6, 6.07) is 3.13. The van der Waals surface area contributed by atoms with Crippen LogP contribution in [0.1, 0.15) is 6.92 Å². The number of rotatable bonds is 6. The molecule has 0 spiro atoms. The second-order valence-corrected chi connectivity index (χ2v) is 6.33. The molecule has 2 rings (SSSR count). The first-order valence-electron chi connectivity index (χ1n) is 6.46. The first-order valence-corrected chi connectivity index (χ1v) is 7.61. The summed E-state index contributed by atoms with van der Waals surface area (Å²) in [7, 11) is 3.62. The number of nitrogens with one attached hydrogen (secondary N) is 1. The number of phenols is 1. The van der Waals surface area contributed by atoms with Crippen molar-refractivity contribution in [2.75, 3.05) is 26.0 Å². The first-order chi connectivity index (χ1) is 10.4. The summed E-state index contributed by atoms with van der Waals surface area (Å²) in [5.41, 5.74) is -1.01. The Hall–Kier alpha value is -1.70. The molecule has 0 fully saturated rings. The Balaban J connectivity index is 2.37. The maximum absolute atomic E-state index is 11.6. The van der Waals surface area contributed by atoms with Crippen LogP contribution in [-0.2, 0) is 0 Å². The second-order valence-electron chi connectivity index (χ2n) is 4.60. The molecule has 6 nitrogen and oxygen atoms in total. The second kappa shape index (κ2) is 6.60. The molecular formula is C14H15ClN2O4S. The van der Waals surface area contributed by atoms with Crippen molar-refractivity contribution in [1.82, 2.24) is 4.31 Å². The van der Waals surface area contributed by atoms with E-state index in [1.54, 1.807) is 17.3 Å². The van der Waals surface area contributed by atoms with Crippen molar-refractivity contribution in [3.05, 3.63) is 37.6 Å². The molecule has 0 aromatic heterocycles. The number of ether oxygens (including phenoxy) is 1. The highest BCUT2D eigenvalue weighted by molar-refractivity contribution is 7.97. The van der Waals surface area contributed by atoms with Crippen LogP contribution >= 0.6 is 23.5 Å². The Bertz CT molecular complexity index is 769.